The van der Waals surface area contributed by atoms with Crippen molar-refractivity contribution in [2.24, 2.45) is 0 Å². The molecule has 0 bridgehead atoms. The lowest BCUT2D eigenvalue weighted by atomic mass is 10.1. The first-order chi connectivity index (χ1) is 10.2. The van der Waals surface area contributed by atoms with E-state index >= 15 is 0 Å². The molecule has 0 saturated heterocycles. The highest BCUT2D eigenvalue weighted by atomic mass is 16.5. The number of ether oxygens (including phenoxy) is 1. The van der Waals surface area contributed by atoms with Crippen LogP contribution in [-0.4, -0.2) is 11.1 Å². The summed E-state index contributed by atoms with van der Waals surface area (Å²) in [5.41, 5.74) is 0.886. The molecule has 3 nitrogen and oxygen atoms in total. The van der Waals surface area contributed by atoms with Crippen LogP contribution in [0.2, 0.25) is 0 Å². The standard InChI is InChI=1S/C18H26O3/c1-2-3-4-5-6-7-8-9-18(20)21-15-14-16-10-12-17(19)13-11-16/h10-15,19H,2-9H2,1H3/b15-14+. The minimum absolute atomic E-state index is 0.182. The Labute approximate surface area is 127 Å². The number of hydrogen-bond donors (Lipinski definition) is 1. The molecule has 0 saturated carbocycles. The minimum atomic E-state index is -0.182. The third kappa shape index (κ3) is 8.90. The Morgan fingerprint density at radius 2 is 1.67 bits per heavy atom. The van der Waals surface area contributed by atoms with Gasteiger partial charge in [-0.15, -0.1) is 0 Å². The second kappa shape index (κ2) is 11.0. The van der Waals surface area contributed by atoms with E-state index in [4.69, 9.17) is 9.84 Å². The maximum atomic E-state index is 11.5. The van der Waals surface area contributed by atoms with Crippen molar-refractivity contribution in [2.75, 3.05) is 0 Å². The van der Waals surface area contributed by atoms with E-state index < -0.39 is 0 Å². The number of esters is 1. The van der Waals surface area contributed by atoms with E-state index in [-0.39, 0.29) is 11.7 Å². The topological polar surface area (TPSA) is 46.5 Å². The Kier molecular flexibility index (Phi) is 9.01. The fourth-order valence-electron chi connectivity index (χ4n) is 2.06. The smallest absolute Gasteiger partial charge is 0.310 e. The van der Waals surface area contributed by atoms with Crippen LogP contribution in [0, 0.1) is 0 Å². The van der Waals surface area contributed by atoms with Gasteiger partial charge in [0.1, 0.15) is 5.75 Å². The second-order valence-electron chi connectivity index (χ2n) is 5.26. The molecule has 0 atom stereocenters. The van der Waals surface area contributed by atoms with Gasteiger partial charge in [0.15, 0.2) is 0 Å². The van der Waals surface area contributed by atoms with E-state index in [1.165, 1.54) is 38.4 Å². The summed E-state index contributed by atoms with van der Waals surface area (Å²) >= 11 is 0. The third-order valence-corrected chi connectivity index (χ3v) is 3.34. The van der Waals surface area contributed by atoms with Gasteiger partial charge in [-0.3, -0.25) is 4.79 Å². The van der Waals surface area contributed by atoms with Crippen LogP contribution in [0.5, 0.6) is 5.75 Å². The van der Waals surface area contributed by atoms with Crippen LogP contribution in [0.4, 0.5) is 0 Å². The lowest BCUT2D eigenvalue weighted by molar-refractivity contribution is -0.138. The lowest BCUT2D eigenvalue weighted by Crippen LogP contribution is -1.98. The number of unbranched alkanes of at least 4 members (excludes halogenated alkanes) is 6. The quantitative estimate of drug-likeness (QED) is 0.373. The van der Waals surface area contributed by atoms with Gasteiger partial charge in [-0.1, -0.05) is 57.6 Å². The number of phenolic OH excluding ortho intramolecular Hbond substituents is 1. The van der Waals surface area contributed by atoms with Crippen LogP contribution in [0.25, 0.3) is 6.08 Å². The van der Waals surface area contributed by atoms with Crippen LogP contribution in [0.3, 0.4) is 0 Å². The first kappa shape index (κ1) is 17.3. The first-order valence-corrected chi connectivity index (χ1v) is 7.87. The van der Waals surface area contributed by atoms with Crippen LogP contribution < -0.4 is 0 Å². The maximum Gasteiger partial charge on any atom is 0.310 e. The Morgan fingerprint density at radius 3 is 2.33 bits per heavy atom. The van der Waals surface area contributed by atoms with Gasteiger partial charge in [0.2, 0.25) is 0 Å². The normalized spacial score (nSPS) is 10.9. The van der Waals surface area contributed by atoms with Crippen molar-refractivity contribution in [1.82, 2.24) is 0 Å². The molecule has 0 amide bonds. The summed E-state index contributed by atoms with van der Waals surface area (Å²) in [5, 5.41) is 9.15. The van der Waals surface area contributed by atoms with Crippen molar-refractivity contribution in [2.45, 2.75) is 58.3 Å². The molecule has 116 valence electrons. The highest BCUT2D eigenvalue weighted by Crippen LogP contribution is 2.11. The van der Waals surface area contributed by atoms with Gasteiger partial charge < -0.3 is 9.84 Å². The molecule has 0 heterocycles. The number of benzene rings is 1. The first-order valence-electron chi connectivity index (χ1n) is 7.87. The number of carbonyl (C=O) groups is 1. The SMILES string of the molecule is CCCCCCCCCC(=O)O/C=C/c1ccc(O)cc1. The molecule has 0 radical (unpaired) electrons. The van der Waals surface area contributed by atoms with E-state index in [1.54, 1.807) is 30.3 Å². The predicted molar refractivity (Wildman–Crippen MR) is 85.8 cm³/mol. The van der Waals surface area contributed by atoms with Gasteiger partial charge in [0.05, 0.1) is 6.26 Å². The molecule has 1 aromatic carbocycles. The molecular formula is C18H26O3. The molecule has 1 rings (SSSR count). The number of rotatable bonds is 10. The molecule has 0 aromatic heterocycles. The van der Waals surface area contributed by atoms with Gasteiger partial charge >= 0.3 is 5.97 Å². The van der Waals surface area contributed by atoms with E-state index in [1.807, 2.05) is 0 Å². The predicted octanol–water partition coefficient (Wildman–Crippen LogP) is 5.05. The zero-order valence-corrected chi connectivity index (χ0v) is 12.9. The lowest BCUT2D eigenvalue weighted by Gasteiger charge is -2.01. The average Bonchev–Trinajstić information content (AvgIpc) is 2.48. The highest BCUT2D eigenvalue weighted by molar-refractivity contribution is 5.70. The number of aromatic hydroxyl groups is 1. The van der Waals surface area contributed by atoms with E-state index in [0.717, 1.165) is 18.4 Å². The minimum Gasteiger partial charge on any atom is -0.508 e. The molecule has 1 N–H and O–H groups in total. The molecule has 0 fully saturated rings. The van der Waals surface area contributed by atoms with Crippen molar-refractivity contribution >= 4 is 12.0 Å². The van der Waals surface area contributed by atoms with Crippen molar-refractivity contribution < 1.29 is 14.6 Å². The second-order valence-corrected chi connectivity index (χ2v) is 5.26. The molecule has 3 heteroatoms. The van der Waals surface area contributed by atoms with Crippen LogP contribution in [0.1, 0.15) is 63.9 Å². The summed E-state index contributed by atoms with van der Waals surface area (Å²) in [6, 6.07) is 6.71. The summed E-state index contributed by atoms with van der Waals surface area (Å²) < 4.78 is 5.04. The molecular weight excluding hydrogens is 264 g/mol. The fourth-order valence-corrected chi connectivity index (χ4v) is 2.06. The Morgan fingerprint density at radius 1 is 1.05 bits per heavy atom. The summed E-state index contributed by atoms with van der Waals surface area (Å²) in [6.45, 7) is 2.21. The average molecular weight is 290 g/mol. The third-order valence-electron chi connectivity index (χ3n) is 3.34. The van der Waals surface area contributed by atoms with Crippen molar-refractivity contribution in [3.8, 4) is 5.75 Å². The molecule has 1 aromatic rings. The van der Waals surface area contributed by atoms with Gasteiger partial charge in [0.25, 0.3) is 0 Å². The monoisotopic (exact) mass is 290 g/mol. The molecule has 0 aliphatic carbocycles. The Hall–Kier alpha value is -1.77. The molecule has 0 aliphatic rings. The van der Waals surface area contributed by atoms with Crippen molar-refractivity contribution in [1.29, 1.82) is 0 Å². The zero-order chi connectivity index (χ0) is 15.3. The van der Waals surface area contributed by atoms with E-state index in [0.29, 0.717) is 6.42 Å². The summed E-state index contributed by atoms with van der Waals surface area (Å²) in [7, 11) is 0. The zero-order valence-electron chi connectivity index (χ0n) is 12.9. The summed E-state index contributed by atoms with van der Waals surface area (Å²) in [5.74, 6) is 0.0432. The van der Waals surface area contributed by atoms with Crippen LogP contribution in [0.15, 0.2) is 30.5 Å². The van der Waals surface area contributed by atoms with E-state index in [9.17, 15) is 4.79 Å². The van der Waals surface area contributed by atoms with Crippen LogP contribution >= 0.6 is 0 Å². The van der Waals surface area contributed by atoms with Gasteiger partial charge in [-0.25, -0.2) is 0 Å². The largest absolute Gasteiger partial charge is 0.508 e. The Balaban J connectivity index is 2.07. The van der Waals surface area contributed by atoms with Gasteiger partial charge in [-0.05, 0) is 30.2 Å². The van der Waals surface area contributed by atoms with E-state index in [2.05, 4.69) is 6.92 Å². The molecule has 0 unspecified atom stereocenters. The molecule has 21 heavy (non-hydrogen) atoms. The molecule has 0 spiro atoms. The number of carbonyl (C=O) groups excluding carboxylic acids is 1. The summed E-state index contributed by atoms with van der Waals surface area (Å²) in [4.78, 5) is 11.5. The fraction of sp³-hybridized carbons (Fsp3) is 0.500. The van der Waals surface area contributed by atoms with Crippen molar-refractivity contribution in [3.05, 3.63) is 36.1 Å². The van der Waals surface area contributed by atoms with Gasteiger partial charge in [-0.2, -0.15) is 0 Å². The molecule has 0 aliphatic heterocycles. The highest BCUT2D eigenvalue weighted by Gasteiger charge is 2.00. The Bertz CT molecular complexity index is 421. The number of hydrogen-bond acceptors (Lipinski definition) is 3. The van der Waals surface area contributed by atoms with Gasteiger partial charge in [0, 0.05) is 6.42 Å². The van der Waals surface area contributed by atoms with Crippen LogP contribution in [-0.2, 0) is 9.53 Å². The van der Waals surface area contributed by atoms with Crippen molar-refractivity contribution in [3.63, 3.8) is 0 Å². The summed E-state index contributed by atoms with van der Waals surface area (Å²) in [6.07, 6.45) is 11.9. The number of phenols is 1. The maximum absolute atomic E-state index is 11.5.